The highest BCUT2D eigenvalue weighted by Gasteiger charge is 2.23. The summed E-state index contributed by atoms with van der Waals surface area (Å²) in [5, 5.41) is 11.5. The molecule has 0 saturated heterocycles. The largest absolute Gasteiger partial charge is 0.480 e. The van der Waals surface area contributed by atoms with Crippen molar-refractivity contribution in [2.45, 2.75) is 37.1 Å². The van der Waals surface area contributed by atoms with Gasteiger partial charge in [-0.1, -0.05) is 0 Å². The van der Waals surface area contributed by atoms with Crippen molar-refractivity contribution in [1.29, 1.82) is 0 Å². The number of sulfonamides is 1. The van der Waals surface area contributed by atoms with Gasteiger partial charge in [0.05, 0.1) is 4.90 Å². The molecule has 1 aliphatic rings. The minimum Gasteiger partial charge on any atom is -0.480 e. The first kappa shape index (κ1) is 15.5. The van der Waals surface area contributed by atoms with E-state index in [1.54, 1.807) is 0 Å². The van der Waals surface area contributed by atoms with Crippen LogP contribution in [0.25, 0.3) is 0 Å². The predicted octanol–water partition coefficient (Wildman–Crippen LogP) is 0.713. The first-order valence-corrected chi connectivity index (χ1v) is 7.96. The summed E-state index contributed by atoms with van der Waals surface area (Å²) in [4.78, 5) is 22.2. The van der Waals surface area contributed by atoms with Crippen LogP contribution in [0.1, 0.15) is 25.3 Å². The van der Waals surface area contributed by atoms with Crippen LogP contribution in [0.15, 0.2) is 23.1 Å². The Morgan fingerprint density at radius 1 is 1.38 bits per heavy atom. The van der Waals surface area contributed by atoms with E-state index in [2.05, 4.69) is 10.0 Å². The predicted molar refractivity (Wildman–Crippen MR) is 75.4 cm³/mol. The molecule has 0 unspecified atom stereocenters. The lowest BCUT2D eigenvalue weighted by Crippen LogP contribution is -2.38. The van der Waals surface area contributed by atoms with E-state index >= 15 is 0 Å². The number of fused-ring (bicyclic) bond motifs is 1. The molecular formula is C13H16N2O5S. The van der Waals surface area contributed by atoms with Crippen LogP contribution in [-0.4, -0.2) is 31.4 Å². The molecule has 1 atom stereocenters. The molecule has 1 amide bonds. The van der Waals surface area contributed by atoms with E-state index in [4.69, 9.17) is 5.11 Å². The summed E-state index contributed by atoms with van der Waals surface area (Å²) in [6.45, 7) is 1.25. The fraction of sp³-hybridized carbons (Fsp3) is 0.385. The van der Waals surface area contributed by atoms with Crippen molar-refractivity contribution in [3.05, 3.63) is 23.8 Å². The molecule has 1 heterocycles. The summed E-state index contributed by atoms with van der Waals surface area (Å²) >= 11 is 0. The van der Waals surface area contributed by atoms with Crippen LogP contribution in [-0.2, 0) is 26.0 Å². The molecule has 1 aromatic rings. The average Bonchev–Trinajstić information content (AvgIpc) is 2.57. The summed E-state index contributed by atoms with van der Waals surface area (Å²) in [6.07, 6.45) is 1.62. The van der Waals surface area contributed by atoms with Gasteiger partial charge in [0.2, 0.25) is 15.9 Å². The lowest BCUT2D eigenvalue weighted by molar-refractivity contribution is -0.138. The van der Waals surface area contributed by atoms with Crippen molar-refractivity contribution < 1.29 is 23.1 Å². The van der Waals surface area contributed by atoms with E-state index in [0.29, 0.717) is 24.9 Å². The second kappa shape index (κ2) is 5.82. The number of hydrogen-bond donors (Lipinski definition) is 3. The van der Waals surface area contributed by atoms with Crippen LogP contribution < -0.4 is 10.0 Å². The number of rotatable bonds is 4. The van der Waals surface area contributed by atoms with Gasteiger partial charge >= 0.3 is 5.97 Å². The number of aryl methyl sites for hydroxylation is 1. The summed E-state index contributed by atoms with van der Waals surface area (Å²) in [6, 6.07) is 3.13. The topological polar surface area (TPSA) is 113 Å². The maximum atomic E-state index is 12.1. The highest BCUT2D eigenvalue weighted by Crippen LogP contribution is 2.25. The smallest absolute Gasteiger partial charge is 0.321 e. The van der Waals surface area contributed by atoms with Crippen molar-refractivity contribution in [2.75, 3.05) is 5.32 Å². The number of aliphatic carboxylic acids is 1. The second-order valence-electron chi connectivity index (χ2n) is 4.90. The minimum atomic E-state index is -3.91. The molecule has 0 fully saturated rings. The van der Waals surface area contributed by atoms with Gasteiger partial charge in [0, 0.05) is 12.1 Å². The maximum Gasteiger partial charge on any atom is 0.321 e. The third-order valence-electron chi connectivity index (χ3n) is 3.21. The first-order valence-electron chi connectivity index (χ1n) is 6.47. The van der Waals surface area contributed by atoms with E-state index in [1.165, 1.54) is 25.1 Å². The number of carbonyl (C=O) groups is 2. The van der Waals surface area contributed by atoms with E-state index in [9.17, 15) is 18.0 Å². The Morgan fingerprint density at radius 2 is 2.10 bits per heavy atom. The highest BCUT2D eigenvalue weighted by atomic mass is 32.2. The van der Waals surface area contributed by atoms with Gasteiger partial charge in [-0.15, -0.1) is 0 Å². The molecule has 114 valence electrons. The Morgan fingerprint density at radius 3 is 2.76 bits per heavy atom. The van der Waals surface area contributed by atoms with Crippen molar-refractivity contribution in [2.24, 2.45) is 0 Å². The maximum absolute atomic E-state index is 12.1. The number of anilines is 1. The molecule has 0 saturated carbocycles. The van der Waals surface area contributed by atoms with Crippen LogP contribution in [0.2, 0.25) is 0 Å². The standard InChI is InChI=1S/C13H16N2O5S/c1-8(13(17)18)15-21(19,20)10-5-6-11-9(7-10)3-2-4-12(16)14-11/h5-8,15H,2-4H2,1H3,(H,14,16)(H,17,18)/t8-/m1/s1. The molecule has 0 radical (unpaired) electrons. The van der Waals surface area contributed by atoms with Gasteiger partial charge in [-0.25, -0.2) is 8.42 Å². The molecule has 21 heavy (non-hydrogen) atoms. The summed E-state index contributed by atoms with van der Waals surface area (Å²) in [5.41, 5.74) is 1.33. The van der Waals surface area contributed by atoms with Crippen molar-refractivity contribution in [1.82, 2.24) is 4.72 Å². The number of carbonyl (C=O) groups excluding carboxylic acids is 1. The summed E-state index contributed by atoms with van der Waals surface area (Å²) < 4.78 is 26.3. The van der Waals surface area contributed by atoms with E-state index in [1.807, 2.05) is 0 Å². The lowest BCUT2D eigenvalue weighted by Gasteiger charge is -2.12. The summed E-state index contributed by atoms with van der Waals surface area (Å²) in [5.74, 6) is -1.34. The molecule has 3 N–H and O–H groups in total. The number of nitrogens with one attached hydrogen (secondary N) is 2. The van der Waals surface area contributed by atoms with Crippen molar-refractivity contribution >= 4 is 27.6 Å². The van der Waals surface area contributed by atoms with Gasteiger partial charge in [0.1, 0.15) is 6.04 Å². The fourth-order valence-corrected chi connectivity index (χ4v) is 3.32. The van der Waals surface area contributed by atoms with Crippen molar-refractivity contribution in [3.63, 3.8) is 0 Å². The van der Waals surface area contributed by atoms with E-state index < -0.39 is 22.0 Å². The van der Waals surface area contributed by atoms with Crippen LogP contribution in [0.3, 0.4) is 0 Å². The number of carboxylic acids is 1. The molecule has 2 rings (SSSR count). The van der Waals surface area contributed by atoms with Crippen LogP contribution in [0.5, 0.6) is 0 Å². The zero-order chi connectivity index (χ0) is 15.6. The highest BCUT2D eigenvalue weighted by molar-refractivity contribution is 7.89. The quantitative estimate of drug-likeness (QED) is 0.758. The van der Waals surface area contributed by atoms with Gasteiger partial charge in [0.25, 0.3) is 0 Å². The Balaban J connectivity index is 2.31. The third kappa shape index (κ3) is 3.59. The fourth-order valence-electron chi connectivity index (χ4n) is 2.07. The Labute approximate surface area is 122 Å². The SMILES string of the molecule is C[C@@H](NS(=O)(=O)c1ccc2c(c1)CCCC(=O)N2)C(=O)O. The minimum absolute atomic E-state index is 0.00880. The molecule has 0 spiro atoms. The van der Waals surface area contributed by atoms with Crippen LogP contribution in [0, 0.1) is 0 Å². The van der Waals surface area contributed by atoms with E-state index in [-0.39, 0.29) is 10.8 Å². The zero-order valence-corrected chi connectivity index (χ0v) is 12.2. The van der Waals surface area contributed by atoms with Gasteiger partial charge < -0.3 is 10.4 Å². The van der Waals surface area contributed by atoms with Gasteiger partial charge in [-0.05, 0) is 43.5 Å². The third-order valence-corrected chi connectivity index (χ3v) is 4.75. The molecule has 0 aromatic heterocycles. The van der Waals surface area contributed by atoms with Gasteiger partial charge in [-0.2, -0.15) is 4.72 Å². The van der Waals surface area contributed by atoms with E-state index in [0.717, 1.165) is 5.56 Å². The van der Waals surface area contributed by atoms with Crippen LogP contribution in [0.4, 0.5) is 5.69 Å². The molecule has 8 heteroatoms. The Hall–Kier alpha value is -1.93. The first-order chi connectivity index (χ1) is 9.79. The molecule has 1 aliphatic heterocycles. The monoisotopic (exact) mass is 312 g/mol. The van der Waals surface area contributed by atoms with Gasteiger partial charge in [-0.3, -0.25) is 9.59 Å². The van der Waals surface area contributed by atoms with Gasteiger partial charge in [0.15, 0.2) is 0 Å². The Bertz CT molecular complexity index is 684. The second-order valence-corrected chi connectivity index (χ2v) is 6.62. The number of benzene rings is 1. The molecule has 1 aromatic carbocycles. The lowest BCUT2D eigenvalue weighted by atomic mass is 10.1. The van der Waals surface area contributed by atoms with Crippen molar-refractivity contribution in [3.8, 4) is 0 Å². The molecule has 0 bridgehead atoms. The number of carboxylic acid groups (broad SMARTS) is 1. The number of hydrogen-bond acceptors (Lipinski definition) is 4. The van der Waals surface area contributed by atoms with Crippen LogP contribution >= 0.6 is 0 Å². The molecule has 7 nitrogen and oxygen atoms in total. The normalized spacial score (nSPS) is 16.5. The Kier molecular flexibility index (Phi) is 4.29. The molecular weight excluding hydrogens is 296 g/mol. The molecule has 0 aliphatic carbocycles. The zero-order valence-electron chi connectivity index (χ0n) is 11.4. The average molecular weight is 312 g/mol. The summed E-state index contributed by atoms with van der Waals surface area (Å²) in [7, 11) is -3.91. The number of amides is 1.